The topological polar surface area (TPSA) is 15.3 Å². The quantitative estimate of drug-likeness (QED) is 0.733. The Morgan fingerprint density at radius 2 is 2.00 bits per heavy atom. The molecule has 0 aromatic heterocycles. The van der Waals surface area contributed by atoms with E-state index in [0.29, 0.717) is 6.04 Å². The molecule has 1 atom stereocenters. The summed E-state index contributed by atoms with van der Waals surface area (Å²) in [6.07, 6.45) is 6.59. The minimum atomic E-state index is 0.670. The van der Waals surface area contributed by atoms with Crippen LogP contribution >= 0.6 is 0 Å². The maximum absolute atomic E-state index is 3.54. The molecule has 1 aromatic rings. The molecule has 2 nitrogen and oxygen atoms in total. The highest BCUT2D eigenvalue weighted by Gasteiger charge is 2.18. The molecular weight excluding hydrogens is 256 g/mol. The fourth-order valence-corrected chi connectivity index (χ4v) is 3.26. The number of hydrogen-bond donors (Lipinski definition) is 1. The van der Waals surface area contributed by atoms with E-state index < -0.39 is 0 Å². The van der Waals surface area contributed by atoms with Crippen LogP contribution in [-0.2, 0) is 6.42 Å². The second kappa shape index (κ2) is 9.22. The summed E-state index contributed by atoms with van der Waals surface area (Å²) in [6.45, 7) is 9.64. The van der Waals surface area contributed by atoms with E-state index in [-0.39, 0.29) is 0 Å². The largest absolute Gasteiger partial charge is 0.316 e. The molecule has 0 radical (unpaired) electrons. The summed E-state index contributed by atoms with van der Waals surface area (Å²) in [5.41, 5.74) is 1.48. The van der Waals surface area contributed by atoms with Crippen LogP contribution in [0.1, 0.15) is 45.1 Å². The second-order valence-electron chi connectivity index (χ2n) is 6.74. The molecule has 2 rings (SSSR count). The third kappa shape index (κ3) is 6.19. The molecule has 0 amide bonds. The molecule has 1 unspecified atom stereocenters. The van der Waals surface area contributed by atoms with Crippen molar-refractivity contribution in [2.75, 3.05) is 26.2 Å². The first-order chi connectivity index (χ1) is 10.3. The number of nitrogens with one attached hydrogen (secondary N) is 1. The van der Waals surface area contributed by atoms with Gasteiger partial charge in [-0.1, -0.05) is 30.3 Å². The first-order valence-electron chi connectivity index (χ1n) is 8.74. The summed E-state index contributed by atoms with van der Waals surface area (Å²) in [7, 11) is 0. The summed E-state index contributed by atoms with van der Waals surface area (Å²) >= 11 is 0. The maximum Gasteiger partial charge on any atom is 0.00387 e. The summed E-state index contributed by atoms with van der Waals surface area (Å²) < 4.78 is 0. The van der Waals surface area contributed by atoms with Crippen LogP contribution in [0.4, 0.5) is 0 Å². The van der Waals surface area contributed by atoms with Gasteiger partial charge in [-0.15, -0.1) is 0 Å². The van der Waals surface area contributed by atoms with E-state index in [1.54, 1.807) is 0 Å². The smallest absolute Gasteiger partial charge is 0.00387 e. The Morgan fingerprint density at radius 3 is 2.67 bits per heavy atom. The molecule has 1 fully saturated rings. The third-order valence-corrected chi connectivity index (χ3v) is 4.63. The van der Waals surface area contributed by atoms with E-state index in [2.05, 4.69) is 54.4 Å². The van der Waals surface area contributed by atoms with E-state index in [1.165, 1.54) is 63.8 Å². The van der Waals surface area contributed by atoms with Crippen molar-refractivity contribution < 1.29 is 0 Å². The molecule has 0 saturated carbocycles. The van der Waals surface area contributed by atoms with Crippen LogP contribution < -0.4 is 5.32 Å². The molecule has 0 aliphatic carbocycles. The minimum Gasteiger partial charge on any atom is -0.316 e. The first kappa shape index (κ1) is 16.5. The number of unbranched alkanes of at least 4 members (excludes halogenated alkanes) is 1. The van der Waals surface area contributed by atoms with Gasteiger partial charge in [-0.2, -0.15) is 0 Å². The van der Waals surface area contributed by atoms with E-state index in [9.17, 15) is 0 Å². The molecule has 1 aliphatic heterocycles. The Balaban J connectivity index is 1.67. The van der Waals surface area contributed by atoms with Gasteiger partial charge in [-0.05, 0) is 77.1 Å². The molecule has 21 heavy (non-hydrogen) atoms. The molecule has 1 N–H and O–H groups in total. The summed E-state index contributed by atoms with van der Waals surface area (Å²) in [4.78, 5) is 2.68. The molecule has 1 aromatic carbocycles. The molecule has 0 bridgehead atoms. The van der Waals surface area contributed by atoms with E-state index >= 15 is 0 Å². The predicted octanol–water partition coefficient (Wildman–Crippen LogP) is 3.72. The summed E-state index contributed by atoms with van der Waals surface area (Å²) in [6, 6.07) is 11.5. The Morgan fingerprint density at radius 1 is 1.19 bits per heavy atom. The number of nitrogens with zero attached hydrogens (tertiary/aromatic N) is 1. The van der Waals surface area contributed by atoms with Crippen LogP contribution in [0.5, 0.6) is 0 Å². The zero-order valence-corrected chi connectivity index (χ0v) is 13.9. The fraction of sp³-hybridized carbons (Fsp3) is 0.684. The van der Waals surface area contributed by atoms with Gasteiger partial charge in [0.25, 0.3) is 0 Å². The maximum atomic E-state index is 3.54. The molecule has 1 heterocycles. The molecule has 1 saturated heterocycles. The Hall–Kier alpha value is -0.860. The van der Waals surface area contributed by atoms with E-state index in [1.807, 2.05) is 0 Å². The standard InChI is InChI=1S/C19H32N2/c1-17(2)21(16-19-12-8-13-20-15-19)14-7-6-11-18-9-4-3-5-10-18/h3-5,9-10,17,19-20H,6-8,11-16H2,1-2H3. The zero-order chi connectivity index (χ0) is 14.9. The molecule has 0 spiro atoms. The fourth-order valence-electron chi connectivity index (χ4n) is 3.26. The molecule has 118 valence electrons. The minimum absolute atomic E-state index is 0.670. The Kier molecular flexibility index (Phi) is 7.25. The van der Waals surface area contributed by atoms with Gasteiger partial charge < -0.3 is 10.2 Å². The SMILES string of the molecule is CC(C)N(CCCCc1ccccc1)CC1CCCNC1. The van der Waals surface area contributed by atoms with Gasteiger partial charge in [-0.25, -0.2) is 0 Å². The average molecular weight is 288 g/mol. The predicted molar refractivity (Wildman–Crippen MR) is 91.7 cm³/mol. The van der Waals surface area contributed by atoms with Crippen molar-refractivity contribution in [2.24, 2.45) is 5.92 Å². The highest BCUT2D eigenvalue weighted by molar-refractivity contribution is 5.14. The van der Waals surface area contributed by atoms with Crippen LogP contribution in [0.15, 0.2) is 30.3 Å². The van der Waals surface area contributed by atoms with Gasteiger partial charge in [0.05, 0.1) is 0 Å². The molecule has 2 heteroatoms. The number of hydrogen-bond acceptors (Lipinski definition) is 2. The Bertz CT molecular complexity index is 368. The second-order valence-corrected chi connectivity index (χ2v) is 6.74. The molecule has 1 aliphatic rings. The van der Waals surface area contributed by atoms with Crippen molar-refractivity contribution in [3.05, 3.63) is 35.9 Å². The first-order valence-corrected chi connectivity index (χ1v) is 8.74. The highest BCUT2D eigenvalue weighted by Crippen LogP contribution is 2.14. The lowest BCUT2D eigenvalue weighted by Crippen LogP contribution is -2.41. The van der Waals surface area contributed by atoms with Crippen molar-refractivity contribution in [3.63, 3.8) is 0 Å². The van der Waals surface area contributed by atoms with Gasteiger partial charge in [0, 0.05) is 12.6 Å². The van der Waals surface area contributed by atoms with Crippen molar-refractivity contribution in [1.82, 2.24) is 10.2 Å². The number of benzene rings is 1. The summed E-state index contributed by atoms with van der Waals surface area (Å²) in [5, 5.41) is 3.54. The molecular formula is C19H32N2. The van der Waals surface area contributed by atoms with Crippen LogP contribution in [0.3, 0.4) is 0 Å². The van der Waals surface area contributed by atoms with Crippen molar-refractivity contribution in [2.45, 2.75) is 52.0 Å². The van der Waals surface area contributed by atoms with Crippen LogP contribution in [0.2, 0.25) is 0 Å². The van der Waals surface area contributed by atoms with Crippen molar-refractivity contribution in [3.8, 4) is 0 Å². The van der Waals surface area contributed by atoms with Crippen LogP contribution in [-0.4, -0.2) is 37.1 Å². The highest BCUT2D eigenvalue weighted by atomic mass is 15.1. The average Bonchev–Trinajstić information content (AvgIpc) is 2.52. The summed E-state index contributed by atoms with van der Waals surface area (Å²) in [5.74, 6) is 0.857. The third-order valence-electron chi connectivity index (χ3n) is 4.63. The zero-order valence-electron chi connectivity index (χ0n) is 13.9. The monoisotopic (exact) mass is 288 g/mol. The van der Waals surface area contributed by atoms with Gasteiger partial charge in [0.1, 0.15) is 0 Å². The van der Waals surface area contributed by atoms with Crippen LogP contribution in [0.25, 0.3) is 0 Å². The van der Waals surface area contributed by atoms with Crippen molar-refractivity contribution in [1.29, 1.82) is 0 Å². The lowest BCUT2D eigenvalue weighted by molar-refractivity contribution is 0.169. The van der Waals surface area contributed by atoms with Crippen LogP contribution in [0, 0.1) is 5.92 Å². The van der Waals surface area contributed by atoms with Gasteiger partial charge in [0.15, 0.2) is 0 Å². The van der Waals surface area contributed by atoms with Gasteiger partial charge >= 0.3 is 0 Å². The number of rotatable bonds is 8. The number of piperidine rings is 1. The van der Waals surface area contributed by atoms with Gasteiger partial charge in [-0.3, -0.25) is 0 Å². The lowest BCUT2D eigenvalue weighted by Gasteiger charge is -2.32. The van der Waals surface area contributed by atoms with Crippen molar-refractivity contribution >= 4 is 0 Å². The normalized spacial score (nSPS) is 19.3. The lowest BCUT2D eigenvalue weighted by atomic mass is 9.98. The number of aryl methyl sites for hydroxylation is 1. The van der Waals surface area contributed by atoms with E-state index in [0.717, 1.165) is 5.92 Å². The Labute approximate surface area is 130 Å². The van der Waals surface area contributed by atoms with Gasteiger partial charge in [0.2, 0.25) is 0 Å². The van der Waals surface area contributed by atoms with E-state index in [4.69, 9.17) is 0 Å².